The van der Waals surface area contributed by atoms with Gasteiger partial charge in [0.1, 0.15) is 0 Å². The van der Waals surface area contributed by atoms with Gasteiger partial charge in [-0.05, 0) is 37.0 Å². The predicted molar refractivity (Wildman–Crippen MR) is 67.1 cm³/mol. The van der Waals surface area contributed by atoms with Crippen LogP contribution in [-0.4, -0.2) is 19.6 Å². The van der Waals surface area contributed by atoms with Gasteiger partial charge in [-0.3, -0.25) is 0 Å². The van der Waals surface area contributed by atoms with Crippen molar-refractivity contribution in [2.45, 2.75) is 31.6 Å². The van der Waals surface area contributed by atoms with Crippen LogP contribution in [0.25, 0.3) is 0 Å². The Morgan fingerprint density at radius 3 is 2.59 bits per heavy atom. The molecule has 0 bridgehead atoms. The van der Waals surface area contributed by atoms with E-state index < -0.39 is 0 Å². The summed E-state index contributed by atoms with van der Waals surface area (Å²) in [6.07, 6.45) is 3.55. The van der Waals surface area contributed by atoms with Gasteiger partial charge in [0.25, 0.3) is 0 Å². The summed E-state index contributed by atoms with van der Waals surface area (Å²) >= 11 is 0. The molecular weight excluding hydrogens is 214 g/mol. The molecule has 1 aliphatic carbocycles. The van der Waals surface area contributed by atoms with Crippen LogP contribution in [0.1, 0.15) is 40.7 Å². The summed E-state index contributed by atoms with van der Waals surface area (Å²) in [5.41, 5.74) is 8.90. The van der Waals surface area contributed by atoms with Crippen LogP contribution in [0.15, 0.2) is 18.2 Å². The largest absolute Gasteiger partial charge is 0.465 e. The van der Waals surface area contributed by atoms with E-state index in [1.54, 1.807) is 0 Å². The molecule has 0 unspecified atom stereocenters. The van der Waals surface area contributed by atoms with Crippen LogP contribution >= 0.6 is 0 Å². The lowest BCUT2D eigenvalue weighted by Gasteiger charge is -2.41. The van der Waals surface area contributed by atoms with Crippen molar-refractivity contribution < 1.29 is 9.53 Å². The highest BCUT2D eigenvalue weighted by atomic mass is 16.5. The van der Waals surface area contributed by atoms with Crippen molar-refractivity contribution in [1.82, 2.24) is 0 Å². The Balaban J connectivity index is 2.34. The summed E-state index contributed by atoms with van der Waals surface area (Å²) in [6, 6.07) is 5.95. The van der Waals surface area contributed by atoms with Crippen LogP contribution in [0.2, 0.25) is 0 Å². The van der Waals surface area contributed by atoms with Crippen molar-refractivity contribution in [2.75, 3.05) is 13.7 Å². The quantitative estimate of drug-likeness (QED) is 0.814. The molecule has 92 valence electrons. The van der Waals surface area contributed by atoms with Crippen molar-refractivity contribution in [3.05, 3.63) is 34.9 Å². The lowest BCUT2D eigenvalue weighted by Crippen LogP contribution is -2.41. The number of nitrogens with two attached hydrogens (primary N) is 1. The van der Waals surface area contributed by atoms with E-state index in [0.29, 0.717) is 12.1 Å². The predicted octanol–water partition coefficient (Wildman–Crippen LogP) is 2.16. The normalized spacial score (nSPS) is 17.4. The Kier molecular flexibility index (Phi) is 3.20. The second-order valence-corrected chi connectivity index (χ2v) is 4.86. The van der Waals surface area contributed by atoms with Gasteiger partial charge in [-0.1, -0.05) is 18.6 Å². The maximum absolute atomic E-state index is 11.5. The number of carbonyl (C=O) groups is 1. The third kappa shape index (κ3) is 1.95. The summed E-state index contributed by atoms with van der Waals surface area (Å²) in [6.45, 7) is 2.63. The standard InChI is InChI=1S/C14H19NO2/c1-10-8-11(14(9-15)6-3-7-14)4-5-12(10)13(16)17-2/h4-5,8H,3,6-7,9,15H2,1-2H3. The summed E-state index contributed by atoms with van der Waals surface area (Å²) in [4.78, 5) is 11.5. The minimum absolute atomic E-state index is 0.152. The lowest BCUT2D eigenvalue weighted by atomic mass is 9.64. The maximum atomic E-state index is 11.5. The molecule has 1 aliphatic rings. The van der Waals surface area contributed by atoms with Gasteiger partial charge < -0.3 is 10.5 Å². The van der Waals surface area contributed by atoms with Gasteiger partial charge in [0, 0.05) is 12.0 Å². The summed E-state index contributed by atoms with van der Waals surface area (Å²) in [5.74, 6) is -0.274. The molecule has 3 heteroatoms. The highest BCUT2D eigenvalue weighted by molar-refractivity contribution is 5.91. The van der Waals surface area contributed by atoms with Crippen molar-refractivity contribution in [3.8, 4) is 0 Å². The van der Waals surface area contributed by atoms with E-state index in [1.807, 2.05) is 19.1 Å². The van der Waals surface area contributed by atoms with Gasteiger partial charge in [-0.2, -0.15) is 0 Å². The second kappa shape index (κ2) is 4.49. The molecule has 0 aromatic heterocycles. The Bertz CT molecular complexity index is 430. The van der Waals surface area contributed by atoms with Crippen molar-refractivity contribution in [3.63, 3.8) is 0 Å². The van der Waals surface area contributed by atoms with Gasteiger partial charge in [-0.25, -0.2) is 4.79 Å². The van der Waals surface area contributed by atoms with E-state index >= 15 is 0 Å². The average molecular weight is 233 g/mol. The molecule has 1 aromatic carbocycles. The third-order valence-electron chi connectivity index (χ3n) is 3.95. The number of esters is 1. The molecule has 0 atom stereocenters. The monoisotopic (exact) mass is 233 g/mol. The topological polar surface area (TPSA) is 52.3 Å². The molecule has 2 N–H and O–H groups in total. The maximum Gasteiger partial charge on any atom is 0.338 e. The number of hydrogen-bond donors (Lipinski definition) is 1. The van der Waals surface area contributed by atoms with E-state index in [2.05, 4.69) is 6.07 Å². The first-order chi connectivity index (χ1) is 8.13. The average Bonchev–Trinajstić information content (AvgIpc) is 2.28. The molecule has 17 heavy (non-hydrogen) atoms. The van der Waals surface area contributed by atoms with Crippen LogP contribution in [0, 0.1) is 6.92 Å². The minimum atomic E-state index is -0.274. The van der Waals surface area contributed by atoms with Gasteiger partial charge in [-0.15, -0.1) is 0 Å². The van der Waals surface area contributed by atoms with Crippen LogP contribution in [0.3, 0.4) is 0 Å². The zero-order chi connectivity index (χ0) is 12.5. The Hall–Kier alpha value is -1.35. The number of aryl methyl sites for hydroxylation is 1. The van der Waals surface area contributed by atoms with Crippen molar-refractivity contribution in [1.29, 1.82) is 0 Å². The van der Waals surface area contributed by atoms with Gasteiger partial charge in [0.15, 0.2) is 0 Å². The van der Waals surface area contributed by atoms with E-state index in [-0.39, 0.29) is 11.4 Å². The molecule has 0 spiro atoms. The fraction of sp³-hybridized carbons (Fsp3) is 0.500. The van der Waals surface area contributed by atoms with Crippen LogP contribution in [-0.2, 0) is 10.2 Å². The van der Waals surface area contributed by atoms with E-state index in [9.17, 15) is 4.79 Å². The number of methoxy groups -OCH3 is 1. The second-order valence-electron chi connectivity index (χ2n) is 4.86. The summed E-state index contributed by atoms with van der Waals surface area (Å²) in [7, 11) is 1.41. The lowest BCUT2D eigenvalue weighted by molar-refractivity contribution is 0.0600. The summed E-state index contributed by atoms with van der Waals surface area (Å²) < 4.78 is 4.75. The fourth-order valence-corrected chi connectivity index (χ4v) is 2.55. The van der Waals surface area contributed by atoms with Gasteiger partial charge >= 0.3 is 5.97 Å². The molecule has 1 aromatic rings. The van der Waals surface area contributed by atoms with Gasteiger partial charge in [0.05, 0.1) is 12.7 Å². The van der Waals surface area contributed by atoms with E-state index in [0.717, 1.165) is 18.4 Å². The number of carbonyl (C=O) groups excluding carboxylic acids is 1. The highest BCUT2D eigenvalue weighted by Crippen LogP contribution is 2.43. The molecule has 0 aliphatic heterocycles. The molecule has 0 radical (unpaired) electrons. The Morgan fingerprint density at radius 1 is 1.47 bits per heavy atom. The first-order valence-corrected chi connectivity index (χ1v) is 6.02. The smallest absolute Gasteiger partial charge is 0.338 e. The SMILES string of the molecule is COC(=O)c1ccc(C2(CN)CCC2)cc1C. The number of benzene rings is 1. The van der Waals surface area contributed by atoms with Crippen LogP contribution in [0.5, 0.6) is 0 Å². The van der Waals surface area contributed by atoms with Crippen LogP contribution in [0.4, 0.5) is 0 Å². The molecule has 0 amide bonds. The van der Waals surface area contributed by atoms with Crippen molar-refractivity contribution >= 4 is 5.97 Å². The zero-order valence-electron chi connectivity index (χ0n) is 10.5. The van der Waals surface area contributed by atoms with Crippen molar-refractivity contribution in [2.24, 2.45) is 5.73 Å². The number of rotatable bonds is 3. The molecule has 0 saturated heterocycles. The van der Waals surface area contributed by atoms with Gasteiger partial charge in [0.2, 0.25) is 0 Å². The van der Waals surface area contributed by atoms with E-state index in [1.165, 1.54) is 19.1 Å². The van der Waals surface area contributed by atoms with E-state index in [4.69, 9.17) is 10.5 Å². The number of ether oxygens (including phenoxy) is 1. The first-order valence-electron chi connectivity index (χ1n) is 6.02. The molecule has 2 rings (SSSR count). The Labute approximate surface area is 102 Å². The fourth-order valence-electron chi connectivity index (χ4n) is 2.55. The third-order valence-corrected chi connectivity index (χ3v) is 3.95. The molecule has 1 fully saturated rings. The summed E-state index contributed by atoms with van der Waals surface area (Å²) in [5, 5.41) is 0. The van der Waals surface area contributed by atoms with Crippen LogP contribution < -0.4 is 5.73 Å². The Morgan fingerprint density at radius 2 is 2.18 bits per heavy atom. The first kappa shape index (κ1) is 12.1. The molecule has 1 saturated carbocycles. The molecular formula is C14H19NO2. The molecule has 3 nitrogen and oxygen atoms in total. The number of hydrogen-bond acceptors (Lipinski definition) is 3. The minimum Gasteiger partial charge on any atom is -0.465 e. The zero-order valence-corrected chi connectivity index (χ0v) is 10.5. The highest BCUT2D eigenvalue weighted by Gasteiger charge is 2.37. The molecule has 0 heterocycles.